The Morgan fingerprint density at radius 1 is 0.857 bits per heavy atom. The molecule has 1 aliphatic heterocycles. The van der Waals surface area contributed by atoms with Crippen LogP contribution in [0.15, 0.2) is 72.9 Å². The third-order valence-electron chi connectivity index (χ3n) is 8.02. The first-order chi connectivity index (χ1) is 20.5. The minimum Gasteiger partial charge on any atom is -0.493 e. The number of hydrogen-bond donors (Lipinski definition) is 2. The van der Waals surface area contributed by atoms with Gasteiger partial charge in [0, 0.05) is 35.6 Å². The molecule has 0 bridgehead atoms. The molecule has 4 aromatic rings. The summed E-state index contributed by atoms with van der Waals surface area (Å²) in [6.45, 7) is 2.93. The second-order valence-electron chi connectivity index (χ2n) is 10.8. The molecule has 1 aromatic heterocycles. The molecule has 0 unspecified atom stereocenters. The van der Waals surface area contributed by atoms with E-state index in [-0.39, 0.29) is 11.8 Å². The van der Waals surface area contributed by atoms with Crippen molar-refractivity contribution in [1.82, 2.24) is 9.88 Å². The van der Waals surface area contributed by atoms with Gasteiger partial charge in [0.1, 0.15) is 16.9 Å². The van der Waals surface area contributed by atoms with Crippen LogP contribution >= 0.6 is 0 Å². The third-order valence-corrected chi connectivity index (χ3v) is 8.02. The molecule has 1 saturated heterocycles. The van der Waals surface area contributed by atoms with Gasteiger partial charge in [-0.25, -0.2) is 0 Å². The molecule has 0 radical (unpaired) electrons. The van der Waals surface area contributed by atoms with Gasteiger partial charge in [-0.3, -0.25) is 19.5 Å². The Kier molecular flexibility index (Phi) is 7.67. The SMILES string of the molecule is COc1cc2nccc(Oc3ccc(NC(=O)C4(C(=O)Nc5ccccc5CN5CCCC5)CC4)cc3)c2cc1OC. The molecule has 2 amide bonds. The van der Waals surface area contributed by atoms with Crippen LogP contribution in [0.2, 0.25) is 0 Å². The van der Waals surface area contributed by atoms with Crippen molar-refractivity contribution in [2.75, 3.05) is 37.9 Å². The van der Waals surface area contributed by atoms with E-state index >= 15 is 0 Å². The number of carbonyl (C=O) groups excluding carboxylic acids is 2. The summed E-state index contributed by atoms with van der Waals surface area (Å²) in [6.07, 6.45) is 5.11. The van der Waals surface area contributed by atoms with E-state index in [9.17, 15) is 9.59 Å². The number of hydrogen-bond acceptors (Lipinski definition) is 7. The zero-order valence-corrected chi connectivity index (χ0v) is 23.8. The number of ether oxygens (including phenoxy) is 3. The van der Waals surface area contributed by atoms with Gasteiger partial charge in [-0.2, -0.15) is 0 Å². The molecule has 216 valence electrons. The Morgan fingerprint density at radius 2 is 1.55 bits per heavy atom. The van der Waals surface area contributed by atoms with Gasteiger partial charge in [0.2, 0.25) is 11.8 Å². The van der Waals surface area contributed by atoms with E-state index in [0.717, 1.165) is 36.3 Å². The summed E-state index contributed by atoms with van der Waals surface area (Å²) in [5.74, 6) is 1.80. The monoisotopic (exact) mass is 566 g/mol. The fourth-order valence-electron chi connectivity index (χ4n) is 5.41. The number of fused-ring (bicyclic) bond motifs is 1. The fourth-order valence-corrected chi connectivity index (χ4v) is 5.41. The predicted molar refractivity (Wildman–Crippen MR) is 161 cm³/mol. The summed E-state index contributed by atoms with van der Waals surface area (Å²) in [7, 11) is 3.16. The predicted octanol–water partition coefficient (Wildman–Crippen LogP) is 6.00. The minimum atomic E-state index is -1.06. The van der Waals surface area contributed by atoms with Gasteiger partial charge in [0.15, 0.2) is 11.5 Å². The standard InChI is InChI=1S/C33H34N4O5/c1-40-29-19-25-27(20-30(29)41-2)34-16-13-28(25)42-24-11-9-23(10-12-24)35-31(38)33(14-15-33)32(39)36-26-8-4-3-7-22(26)21-37-17-5-6-18-37/h3-4,7-13,16,19-20H,5-6,14-15,17-18,21H2,1-2H3,(H,35,38)(H,36,39). The molecule has 2 aliphatic rings. The van der Waals surface area contributed by atoms with Gasteiger partial charge >= 0.3 is 0 Å². The van der Waals surface area contributed by atoms with Crippen LogP contribution in [0.25, 0.3) is 10.9 Å². The summed E-state index contributed by atoms with van der Waals surface area (Å²) in [5, 5.41) is 6.76. The van der Waals surface area contributed by atoms with Crippen LogP contribution in [0, 0.1) is 5.41 Å². The van der Waals surface area contributed by atoms with Crippen molar-refractivity contribution in [3.63, 3.8) is 0 Å². The second kappa shape index (κ2) is 11.7. The van der Waals surface area contributed by atoms with Gasteiger partial charge < -0.3 is 24.8 Å². The maximum atomic E-state index is 13.3. The first kappa shape index (κ1) is 27.5. The van der Waals surface area contributed by atoms with Crippen molar-refractivity contribution in [3.05, 3.63) is 78.5 Å². The molecule has 3 aromatic carbocycles. The number of methoxy groups -OCH3 is 2. The summed E-state index contributed by atoms with van der Waals surface area (Å²) >= 11 is 0. The number of rotatable bonds is 10. The Labute approximate surface area is 244 Å². The number of likely N-dealkylation sites (tertiary alicyclic amines) is 1. The highest BCUT2D eigenvalue weighted by atomic mass is 16.5. The maximum absolute atomic E-state index is 13.3. The lowest BCUT2D eigenvalue weighted by molar-refractivity contribution is -0.131. The normalized spacial score (nSPS) is 15.7. The molecule has 0 atom stereocenters. The highest BCUT2D eigenvalue weighted by Gasteiger charge is 2.56. The van der Waals surface area contributed by atoms with Crippen LogP contribution in [0.3, 0.4) is 0 Å². The van der Waals surface area contributed by atoms with Crippen molar-refractivity contribution in [1.29, 1.82) is 0 Å². The number of nitrogens with one attached hydrogen (secondary N) is 2. The number of aromatic nitrogens is 1. The number of pyridine rings is 1. The summed E-state index contributed by atoms with van der Waals surface area (Å²) in [4.78, 5) is 33.4. The third kappa shape index (κ3) is 5.60. The van der Waals surface area contributed by atoms with Gasteiger partial charge in [-0.05, 0) is 86.8 Å². The van der Waals surface area contributed by atoms with Crippen LogP contribution in [0.4, 0.5) is 11.4 Å². The first-order valence-corrected chi connectivity index (χ1v) is 14.2. The summed E-state index contributed by atoms with van der Waals surface area (Å²) in [5.41, 5.74) is 2.08. The fraction of sp³-hybridized carbons (Fsp3) is 0.303. The topological polar surface area (TPSA) is 102 Å². The number of nitrogens with zero attached hydrogens (tertiary/aromatic N) is 2. The van der Waals surface area contributed by atoms with Crippen molar-refractivity contribution in [2.24, 2.45) is 5.41 Å². The van der Waals surface area contributed by atoms with Gasteiger partial charge in [0.05, 0.1) is 19.7 Å². The van der Waals surface area contributed by atoms with Crippen LogP contribution in [-0.2, 0) is 16.1 Å². The maximum Gasteiger partial charge on any atom is 0.240 e. The van der Waals surface area contributed by atoms with Crippen molar-refractivity contribution < 1.29 is 23.8 Å². The molecule has 1 saturated carbocycles. The molecular formula is C33H34N4O5. The van der Waals surface area contributed by atoms with E-state index in [1.807, 2.05) is 30.3 Å². The lowest BCUT2D eigenvalue weighted by Crippen LogP contribution is -2.36. The summed E-state index contributed by atoms with van der Waals surface area (Å²) < 4.78 is 17.0. The smallest absolute Gasteiger partial charge is 0.240 e. The second-order valence-corrected chi connectivity index (χ2v) is 10.8. The number of amides is 2. The Bertz CT molecular complexity index is 1610. The molecule has 1 aliphatic carbocycles. The van der Waals surface area contributed by atoms with E-state index < -0.39 is 5.41 Å². The van der Waals surface area contributed by atoms with Crippen molar-refractivity contribution in [3.8, 4) is 23.0 Å². The number of para-hydroxylation sites is 1. The number of benzene rings is 3. The van der Waals surface area contributed by atoms with Crippen LogP contribution < -0.4 is 24.8 Å². The van der Waals surface area contributed by atoms with E-state index in [2.05, 4.69) is 20.5 Å². The molecular weight excluding hydrogens is 532 g/mol. The Hall–Kier alpha value is -4.63. The molecule has 42 heavy (non-hydrogen) atoms. The van der Waals surface area contributed by atoms with E-state index in [1.54, 1.807) is 56.8 Å². The number of carbonyl (C=O) groups is 2. The lowest BCUT2D eigenvalue weighted by atomic mass is 10.0. The van der Waals surface area contributed by atoms with E-state index in [0.29, 0.717) is 47.0 Å². The van der Waals surface area contributed by atoms with E-state index in [4.69, 9.17) is 14.2 Å². The number of anilines is 2. The minimum absolute atomic E-state index is 0.259. The van der Waals surface area contributed by atoms with Crippen LogP contribution in [-0.4, -0.2) is 49.0 Å². The molecule has 9 heteroatoms. The zero-order valence-electron chi connectivity index (χ0n) is 23.8. The van der Waals surface area contributed by atoms with Crippen molar-refractivity contribution in [2.45, 2.75) is 32.2 Å². The quantitative estimate of drug-likeness (QED) is 0.227. The zero-order chi connectivity index (χ0) is 29.1. The first-order valence-electron chi connectivity index (χ1n) is 14.2. The molecule has 6 rings (SSSR count). The van der Waals surface area contributed by atoms with Crippen molar-refractivity contribution >= 4 is 34.1 Å². The Balaban J connectivity index is 1.11. The molecule has 2 heterocycles. The van der Waals surface area contributed by atoms with Gasteiger partial charge in [0.25, 0.3) is 0 Å². The largest absolute Gasteiger partial charge is 0.493 e. The van der Waals surface area contributed by atoms with Crippen LogP contribution in [0.1, 0.15) is 31.2 Å². The lowest BCUT2D eigenvalue weighted by Gasteiger charge is -2.20. The highest BCUT2D eigenvalue weighted by Crippen LogP contribution is 2.48. The highest BCUT2D eigenvalue weighted by molar-refractivity contribution is 6.17. The molecule has 0 spiro atoms. The Morgan fingerprint density at radius 3 is 2.26 bits per heavy atom. The average Bonchev–Trinajstić information content (AvgIpc) is 3.68. The average molecular weight is 567 g/mol. The molecule has 2 N–H and O–H groups in total. The molecule has 2 fully saturated rings. The van der Waals surface area contributed by atoms with Crippen LogP contribution in [0.5, 0.6) is 23.0 Å². The summed E-state index contributed by atoms with van der Waals surface area (Å²) in [6, 6.07) is 20.3. The van der Waals surface area contributed by atoms with Gasteiger partial charge in [-0.15, -0.1) is 0 Å². The van der Waals surface area contributed by atoms with Gasteiger partial charge in [-0.1, -0.05) is 18.2 Å². The van der Waals surface area contributed by atoms with E-state index in [1.165, 1.54) is 12.8 Å². The molecule has 9 nitrogen and oxygen atoms in total.